The van der Waals surface area contributed by atoms with Crippen LogP contribution in [0.4, 0.5) is 0 Å². The normalized spacial score (nSPS) is 11.8. The van der Waals surface area contributed by atoms with Gasteiger partial charge < -0.3 is 9.05 Å². The average Bonchev–Trinajstić information content (AvgIpc) is 2.89. The van der Waals surface area contributed by atoms with E-state index in [1.165, 1.54) is 0 Å². The van der Waals surface area contributed by atoms with Gasteiger partial charge in [-0.15, -0.1) is 4.91 Å². The minimum Gasteiger partial charge on any atom is -0.397 e. The van der Waals surface area contributed by atoms with Crippen LogP contribution in [0.5, 0.6) is 11.5 Å². The SMILES string of the molecule is O=NP(=O)(Oc1cc2ccccc2c2ccccc12)Oc1cc2ccccc2c2ccccc12. The van der Waals surface area contributed by atoms with E-state index in [0.717, 1.165) is 43.1 Å². The van der Waals surface area contributed by atoms with Gasteiger partial charge in [-0.1, -0.05) is 97.1 Å². The minimum absolute atomic E-state index is 0.280. The summed E-state index contributed by atoms with van der Waals surface area (Å²) in [7, 11) is -4.44. The first-order chi connectivity index (χ1) is 16.6. The highest BCUT2D eigenvalue weighted by Crippen LogP contribution is 2.53. The predicted octanol–water partition coefficient (Wildman–Crippen LogP) is 8.63. The van der Waals surface area contributed by atoms with Gasteiger partial charge in [-0.05, 0) is 44.5 Å². The van der Waals surface area contributed by atoms with Gasteiger partial charge in [0.15, 0.2) is 0 Å². The molecule has 34 heavy (non-hydrogen) atoms. The molecule has 6 rings (SSSR count). The Balaban J connectivity index is 1.49. The molecule has 0 bridgehead atoms. The number of nitrogens with zero attached hydrogens (tertiary/aromatic N) is 1. The number of rotatable bonds is 5. The molecular weight excluding hydrogens is 445 g/mol. The Labute approximate surface area is 195 Å². The van der Waals surface area contributed by atoms with Crippen LogP contribution in [0, 0.1) is 4.91 Å². The van der Waals surface area contributed by atoms with Crippen LogP contribution in [-0.2, 0) is 4.57 Å². The number of nitroso groups, excluding NO2 is 1. The summed E-state index contributed by atoms with van der Waals surface area (Å²) < 4.78 is 25.1. The van der Waals surface area contributed by atoms with Crippen LogP contribution in [0.15, 0.2) is 114 Å². The van der Waals surface area contributed by atoms with E-state index < -0.39 is 7.75 Å². The van der Waals surface area contributed by atoms with Crippen molar-refractivity contribution in [3.63, 3.8) is 0 Å². The van der Waals surface area contributed by atoms with Crippen molar-refractivity contribution in [3.8, 4) is 11.5 Å². The second-order valence-electron chi connectivity index (χ2n) is 8.02. The third kappa shape index (κ3) is 3.38. The van der Waals surface area contributed by atoms with Crippen molar-refractivity contribution in [2.75, 3.05) is 0 Å². The highest BCUT2D eigenvalue weighted by atomic mass is 31.2. The lowest BCUT2D eigenvalue weighted by Crippen LogP contribution is -2.00. The summed E-state index contributed by atoms with van der Waals surface area (Å²) in [5.74, 6) is 0.560. The van der Waals surface area contributed by atoms with Gasteiger partial charge in [0.05, 0.1) is 4.95 Å². The molecule has 0 aliphatic heterocycles. The van der Waals surface area contributed by atoms with Crippen LogP contribution in [-0.4, -0.2) is 0 Å². The van der Waals surface area contributed by atoms with Crippen LogP contribution >= 0.6 is 7.75 Å². The Morgan fingerprint density at radius 1 is 0.500 bits per heavy atom. The topological polar surface area (TPSA) is 65.0 Å². The molecule has 6 heteroatoms. The van der Waals surface area contributed by atoms with Crippen molar-refractivity contribution in [1.82, 2.24) is 0 Å². The number of benzene rings is 6. The molecule has 0 unspecified atom stereocenters. The Morgan fingerprint density at radius 2 is 0.853 bits per heavy atom. The lowest BCUT2D eigenvalue weighted by Gasteiger charge is -2.17. The number of hydrogen-bond acceptors (Lipinski definition) is 4. The summed E-state index contributed by atoms with van der Waals surface area (Å²) in [4.78, 5) is 14.7. The van der Waals surface area contributed by atoms with E-state index >= 15 is 0 Å². The molecule has 0 radical (unpaired) electrons. The molecule has 0 aliphatic carbocycles. The van der Waals surface area contributed by atoms with Gasteiger partial charge in [0.25, 0.3) is 0 Å². The second kappa shape index (κ2) is 7.98. The zero-order chi connectivity index (χ0) is 23.1. The van der Waals surface area contributed by atoms with Crippen molar-refractivity contribution in [2.45, 2.75) is 0 Å². The molecule has 0 amide bonds. The standard InChI is InChI=1S/C28H18NO4P/c30-29-34(31,32-27-17-19-9-1-3-11-21(19)23-13-5-7-15-25(23)27)33-28-18-20-10-2-4-12-22(20)24-14-6-8-16-26(24)28/h1-18H. The molecule has 0 aliphatic rings. The first kappa shape index (κ1) is 20.4. The molecule has 6 aromatic carbocycles. The summed E-state index contributed by atoms with van der Waals surface area (Å²) in [5.41, 5.74) is 0. The first-order valence-electron chi connectivity index (χ1n) is 10.8. The van der Waals surface area contributed by atoms with Crippen molar-refractivity contribution < 1.29 is 13.6 Å². The van der Waals surface area contributed by atoms with Gasteiger partial charge in [0, 0.05) is 10.8 Å². The summed E-state index contributed by atoms with van der Waals surface area (Å²) in [6, 6.07) is 34.4. The fraction of sp³-hybridized carbons (Fsp3) is 0. The molecule has 5 nitrogen and oxygen atoms in total. The monoisotopic (exact) mass is 463 g/mol. The van der Waals surface area contributed by atoms with Crippen LogP contribution in [0.25, 0.3) is 43.1 Å². The summed E-state index contributed by atoms with van der Waals surface area (Å²) in [5, 5.41) is 7.12. The van der Waals surface area contributed by atoms with E-state index in [9.17, 15) is 9.47 Å². The van der Waals surface area contributed by atoms with E-state index in [0.29, 0.717) is 0 Å². The van der Waals surface area contributed by atoms with E-state index in [2.05, 4.69) is 4.95 Å². The Morgan fingerprint density at radius 3 is 1.26 bits per heavy atom. The van der Waals surface area contributed by atoms with Crippen LogP contribution in [0.3, 0.4) is 0 Å². The molecule has 0 N–H and O–H groups in total. The quantitative estimate of drug-likeness (QED) is 0.146. The lowest BCUT2D eigenvalue weighted by molar-refractivity contribution is 0.391. The average molecular weight is 463 g/mol. The molecule has 0 saturated carbocycles. The molecule has 6 aromatic rings. The third-order valence-corrected chi connectivity index (χ3v) is 7.04. The maximum Gasteiger partial charge on any atom is 0.600 e. The van der Waals surface area contributed by atoms with Crippen LogP contribution in [0.1, 0.15) is 0 Å². The maximum atomic E-state index is 13.6. The van der Waals surface area contributed by atoms with Gasteiger partial charge >= 0.3 is 7.75 Å². The van der Waals surface area contributed by atoms with E-state index in [1.54, 1.807) is 12.1 Å². The second-order valence-corrected chi connectivity index (χ2v) is 9.48. The van der Waals surface area contributed by atoms with Crippen molar-refractivity contribution in [2.24, 2.45) is 4.95 Å². The third-order valence-electron chi connectivity index (χ3n) is 5.99. The highest BCUT2D eigenvalue weighted by Gasteiger charge is 2.32. The lowest BCUT2D eigenvalue weighted by atomic mass is 10.0. The van der Waals surface area contributed by atoms with Crippen molar-refractivity contribution in [1.29, 1.82) is 0 Å². The largest absolute Gasteiger partial charge is 0.600 e. The smallest absolute Gasteiger partial charge is 0.397 e. The minimum atomic E-state index is -4.44. The molecule has 0 aromatic heterocycles. The number of fused-ring (bicyclic) bond motifs is 6. The molecule has 0 atom stereocenters. The van der Waals surface area contributed by atoms with Gasteiger partial charge in [0.2, 0.25) is 0 Å². The Bertz CT molecular complexity index is 1650. The molecule has 0 spiro atoms. The van der Waals surface area contributed by atoms with Gasteiger partial charge in [-0.3, -0.25) is 0 Å². The van der Waals surface area contributed by atoms with Gasteiger partial charge in [0.1, 0.15) is 11.5 Å². The van der Waals surface area contributed by atoms with E-state index in [1.807, 2.05) is 97.1 Å². The Hall–Kier alpha value is -4.21. The maximum absolute atomic E-state index is 13.6. The summed E-state index contributed by atoms with van der Waals surface area (Å²) in [6.45, 7) is 0. The fourth-order valence-electron chi connectivity index (χ4n) is 4.49. The number of hydrogen-bond donors (Lipinski definition) is 0. The first-order valence-corrected chi connectivity index (χ1v) is 12.3. The molecule has 0 saturated heterocycles. The fourth-order valence-corrected chi connectivity index (χ4v) is 5.39. The zero-order valence-corrected chi connectivity index (χ0v) is 18.8. The summed E-state index contributed by atoms with van der Waals surface area (Å²) in [6.07, 6.45) is 0. The molecule has 0 fully saturated rings. The Kier molecular flexibility index (Phi) is 4.79. The molecule has 0 heterocycles. The van der Waals surface area contributed by atoms with Gasteiger partial charge in [-0.25, -0.2) is 4.57 Å². The van der Waals surface area contributed by atoms with E-state index in [-0.39, 0.29) is 11.5 Å². The summed E-state index contributed by atoms with van der Waals surface area (Å²) >= 11 is 0. The van der Waals surface area contributed by atoms with Crippen LogP contribution < -0.4 is 9.05 Å². The highest BCUT2D eigenvalue weighted by molar-refractivity contribution is 7.53. The van der Waals surface area contributed by atoms with Crippen LogP contribution in [0.2, 0.25) is 0 Å². The van der Waals surface area contributed by atoms with Gasteiger partial charge in [-0.2, -0.15) is 0 Å². The van der Waals surface area contributed by atoms with Crippen molar-refractivity contribution >= 4 is 50.8 Å². The zero-order valence-electron chi connectivity index (χ0n) is 17.9. The van der Waals surface area contributed by atoms with Crippen molar-refractivity contribution in [3.05, 3.63) is 114 Å². The predicted molar refractivity (Wildman–Crippen MR) is 138 cm³/mol. The molecule has 164 valence electrons. The van der Waals surface area contributed by atoms with E-state index in [4.69, 9.17) is 9.05 Å². The molecular formula is C28H18NO4P.